The number of nitrogens with zero attached hydrogens (tertiary/aromatic N) is 2. The van der Waals surface area contributed by atoms with E-state index < -0.39 is 5.82 Å². The van der Waals surface area contributed by atoms with Gasteiger partial charge in [0.1, 0.15) is 17.3 Å². The molecule has 0 bridgehead atoms. The van der Waals surface area contributed by atoms with Crippen LogP contribution in [0.3, 0.4) is 0 Å². The molecule has 1 heterocycles. The molecular formula is C10H6BrClFN3O. The number of hydrogen-bond acceptors (Lipinski definition) is 4. The molecule has 1 aromatic carbocycles. The summed E-state index contributed by atoms with van der Waals surface area (Å²) in [5.74, 6) is -0.0929. The lowest BCUT2D eigenvalue weighted by molar-refractivity contribution is 0.456. The van der Waals surface area contributed by atoms with Crippen molar-refractivity contribution in [1.82, 2.24) is 9.97 Å². The quantitative estimate of drug-likeness (QED) is 0.862. The molecule has 2 N–H and O–H groups in total. The molecule has 0 saturated carbocycles. The van der Waals surface area contributed by atoms with Crippen LogP contribution >= 0.6 is 27.5 Å². The molecule has 0 radical (unpaired) electrons. The normalized spacial score (nSPS) is 10.3. The summed E-state index contributed by atoms with van der Waals surface area (Å²) in [6, 6.07) is 4.02. The van der Waals surface area contributed by atoms with Crippen LogP contribution in [0.25, 0.3) is 0 Å². The van der Waals surface area contributed by atoms with Gasteiger partial charge in [-0.15, -0.1) is 0 Å². The number of anilines is 1. The lowest BCUT2D eigenvalue weighted by atomic mass is 10.3. The van der Waals surface area contributed by atoms with E-state index in [1.165, 1.54) is 24.4 Å². The standard InChI is InChI=1S/C10H6BrClFN3O/c11-6-2-1-5(13)3-8(6)17-9-7(14)4-15-10(12)16-9/h1-4H,14H2. The molecule has 0 aliphatic carbocycles. The molecule has 4 nitrogen and oxygen atoms in total. The highest BCUT2D eigenvalue weighted by Crippen LogP contribution is 2.31. The fraction of sp³-hybridized carbons (Fsp3) is 0. The van der Waals surface area contributed by atoms with Crippen LogP contribution in [-0.4, -0.2) is 9.97 Å². The van der Waals surface area contributed by atoms with Crippen LogP contribution in [0.2, 0.25) is 5.28 Å². The van der Waals surface area contributed by atoms with Gasteiger partial charge < -0.3 is 10.5 Å². The first-order valence-corrected chi connectivity index (χ1v) is 5.64. The van der Waals surface area contributed by atoms with E-state index in [1.807, 2.05) is 0 Å². The summed E-state index contributed by atoms with van der Waals surface area (Å²) in [5, 5.41) is 0.00160. The first-order chi connectivity index (χ1) is 8.06. The van der Waals surface area contributed by atoms with E-state index in [0.29, 0.717) is 4.47 Å². The van der Waals surface area contributed by atoms with Crippen molar-refractivity contribution in [3.63, 3.8) is 0 Å². The lowest BCUT2D eigenvalue weighted by Gasteiger charge is -2.08. The number of hydrogen-bond donors (Lipinski definition) is 1. The predicted octanol–water partition coefficient (Wildman–Crippen LogP) is 3.41. The third-order valence-electron chi connectivity index (χ3n) is 1.85. The Bertz CT molecular complexity index is 518. The van der Waals surface area contributed by atoms with Gasteiger partial charge in [-0.1, -0.05) is 0 Å². The monoisotopic (exact) mass is 317 g/mol. The van der Waals surface area contributed by atoms with Crippen molar-refractivity contribution in [2.24, 2.45) is 0 Å². The molecular weight excluding hydrogens is 312 g/mol. The SMILES string of the molecule is Nc1cnc(Cl)nc1Oc1cc(F)ccc1Br. The minimum Gasteiger partial charge on any atom is -0.436 e. The van der Waals surface area contributed by atoms with E-state index >= 15 is 0 Å². The van der Waals surface area contributed by atoms with Gasteiger partial charge in [0, 0.05) is 6.07 Å². The maximum absolute atomic E-state index is 13.0. The van der Waals surface area contributed by atoms with Gasteiger partial charge in [0.2, 0.25) is 11.2 Å². The third-order valence-corrected chi connectivity index (χ3v) is 2.69. The number of nitrogen functional groups attached to an aromatic ring is 1. The minimum absolute atomic E-state index is 0.00160. The number of benzene rings is 1. The molecule has 0 amide bonds. The second-order valence-electron chi connectivity index (χ2n) is 3.08. The van der Waals surface area contributed by atoms with Crippen LogP contribution in [0.1, 0.15) is 0 Å². The second kappa shape index (κ2) is 4.85. The molecule has 7 heteroatoms. The smallest absolute Gasteiger partial charge is 0.247 e. The van der Waals surface area contributed by atoms with Gasteiger partial charge in [-0.3, -0.25) is 0 Å². The second-order valence-corrected chi connectivity index (χ2v) is 4.27. The molecule has 0 aliphatic rings. The zero-order valence-electron chi connectivity index (χ0n) is 8.32. The van der Waals surface area contributed by atoms with E-state index in [0.717, 1.165) is 0 Å². The lowest BCUT2D eigenvalue weighted by Crippen LogP contribution is -1.97. The van der Waals surface area contributed by atoms with Gasteiger partial charge in [-0.05, 0) is 39.7 Å². The van der Waals surface area contributed by atoms with E-state index in [1.54, 1.807) is 0 Å². The Morgan fingerprint density at radius 3 is 2.94 bits per heavy atom. The summed E-state index contributed by atoms with van der Waals surface area (Å²) in [6.45, 7) is 0. The highest BCUT2D eigenvalue weighted by atomic mass is 79.9. The molecule has 1 aromatic heterocycles. The van der Waals surface area contributed by atoms with Gasteiger partial charge >= 0.3 is 0 Å². The Balaban J connectivity index is 2.37. The Hall–Kier alpha value is -1.40. The molecule has 0 spiro atoms. The molecule has 2 rings (SSSR count). The van der Waals surface area contributed by atoms with Crippen LogP contribution in [0.5, 0.6) is 11.6 Å². The van der Waals surface area contributed by atoms with Crippen LogP contribution in [-0.2, 0) is 0 Å². The molecule has 88 valence electrons. The maximum atomic E-state index is 13.0. The van der Waals surface area contributed by atoms with Gasteiger partial charge in [-0.25, -0.2) is 9.37 Å². The van der Waals surface area contributed by atoms with Gasteiger partial charge in [0.05, 0.1) is 10.7 Å². The highest BCUT2D eigenvalue weighted by Gasteiger charge is 2.09. The molecule has 0 unspecified atom stereocenters. The van der Waals surface area contributed by atoms with Crippen molar-refractivity contribution < 1.29 is 9.13 Å². The number of halogens is 3. The van der Waals surface area contributed by atoms with E-state index in [-0.39, 0.29) is 22.6 Å². The van der Waals surface area contributed by atoms with Crippen molar-refractivity contribution >= 4 is 33.2 Å². The number of aromatic nitrogens is 2. The number of rotatable bonds is 2. The fourth-order valence-corrected chi connectivity index (χ4v) is 1.55. The van der Waals surface area contributed by atoms with E-state index in [4.69, 9.17) is 22.1 Å². The van der Waals surface area contributed by atoms with Gasteiger partial charge in [0.25, 0.3) is 0 Å². The molecule has 17 heavy (non-hydrogen) atoms. The zero-order chi connectivity index (χ0) is 12.4. The fourth-order valence-electron chi connectivity index (χ4n) is 1.10. The highest BCUT2D eigenvalue weighted by molar-refractivity contribution is 9.10. The van der Waals surface area contributed by atoms with E-state index in [9.17, 15) is 4.39 Å². The van der Waals surface area contributed by atoms with Crippen LogP contribution in [0, 0.1) is 5.82 Å². The predicted molar refractivity (Wildman–Crippen MR) is 65.6 cm³/mol. The van der Waals surface area contributed by atoms with Crippen molar-refractivity contribution in [3.05, 3.63) is 40.0 Å². The third kappa shape index (κ3) is 2.83. The first kappa shape index (κ1) is 12.1. The Kier molecular flexibility index (Phi) is 3.44. The van der Waals surface area contributed by atoms with Crippen molar-refractivity contribution in [2.45, 2.75) is 0 Å². The molecule has 0 aliphatic heterocycles. The zero-order valence-corrected chi connectivity index (χ0v) is 10.7. The van der Waals surface area contributed by atoms with E-state index in [2.05, 4.69) is 25.9 Å². The first-order valence-electron chi connectivity index (χ1n) is 4.47. The Labute approximate surface area is 110 Å². The van der Waals surface area contributed by atoms with Crippen LogP contribution in [0.15, 0.2) is 28.9 Å². The van der Waals surface area contributed by atoms with Gasteiger partial charge in [0.15, 0.2) is 0 Å². The van der Waals surface area contributed by atoms with Crippen LogP contribution < -0.4 is 10.5 Å². The average molecular weight is 319 g/mol. The summed E-state index contributed by atoms with van der Waals surface area (Å²) in [6.07, 6.45) is 1.32. The average Bonchev–Trinajstić information content (AvgIpc) is 2.28. The maximum Gasteiger partial charge on any atom is 0.247 e. The Morgan fingerprint density at radius 1 is 1.41 bits per heavy atom. The summed E-state index contributed by atoms with van der Waals surface area (Å²) in [4.78, 5) is 7.49. The summed E-state index contributed by atoms with van der Waals surface area (Å²) < 4.78 is 19.0. The minimum atomic E-state index is -0.429. The van der Waals surface area contributed by atoms with Crippen molar-refractivity contribution in [2.75, 3.05) is 5.73 Å². The molecule has 2 aromatic rings. The van der Waals surface area contributed by atoms with Crippen molar-refractivity contribution in [1.29, 1.82) is 0 Å². The topological polar surface area (TPSA) is 61.0 Å². The largest absolute Gasteiger partial charge is 0.436 e. The van der Waals surface area contributed by atoms with Crippen molar-refractivity contribution in [3.8, 4) is 11.6 Å². The molecule has 0 atom stereocenters. The summed E-state index contributed by atoms with van der Waals surface area (Å²) >= 11 is 8.83. The van der Waals surface area contributed by atoms with Gasteiger partial charge in [-0.2, -0.15) is 4.98 Å². The number of nitrogens with two attached hydrogens (primary N) is 1. The van der Waals surface area contributed by atoms with Crippen LogP contribution in [0.4, 0.5) is 10.1 Å². The number of ether oxygens (including phenoxy) is 1. The summed E-state index contributed by atoms with van der Waals surface area (Å²) in [5.41, 5.74) is 5.82. The summed E-state index contributed by atoms with van der Waals surface area (Å²) in [7, 11) is 0. The molecule has 0 saturated heterocycles. The molecule has 0 fully saturated rings. The Morgan fingerprint density at radius 2 is 2.18 bits per heavy atom.